The van der Waals surface area contributed by atoms with Gasteiger partial charge in [0.15, 0.2) is 0 Å². The molecule has 3 aromatic rings. The van der Waals surface area contributed by atoms with E-state index in [4.69, 9.17) is 19.9 Å². The molecule has 0 radical (unpaired) electrons. The van der Waals surface area contributed by atoms with Gasteiger partial charge in [-0.25, -0.2) is 19.9 Å². The van der Waals surface area contributed by atoms with E-state index in [1.165, 1.54) is 0 Å². The van der Waals surface area contributed by atoms with E-state index < -0.39 is 5.41 Å². The van der Waals surface area contributed by atoms with Crippen molar-refractivity contribution in [3.63, 3.8) is 0 Å². The Kier molecular flexibility index (Phi) is 5.66. The fourth-order valence-electron chi connectivity index (χ4n) is 4.68. The Balaban J connectivity index is 1.85. The van der Waals surface area contributed by atoms with Crippen LogP contribution in [0.2, 0.25) is 0 Å². The molecule has 0 unspecified atom stereocenters. The number of hydrogen-bond donors (Lipinski definition) is 2. The summed E-state index contributed by atoms with van der Waals surface area (Å²) >= 11 is 0. The first-order valence-electron chi connectivity index (χ1n) is 12.5. The Morgan fingerprint density at radius 1 is 0.771 bits per heavy atom. The zero-order valence-electron chi connectivity index (χ0n) is 23.2. The van der Waals surface area contributed by atoms with E-state index in [0.29, 0.717) is 24.5 Å². The molecule has 4 rings (SSSR count). The lowest BCUT2D eigenvalue weighted by atomic mass is 9.81. The molecule has 7 heteroatoms. The number of amides is 1. The zero-order valence-corrected chi connectivity index (χ0v) is 23.2. The van der Waals surface area contributed by atoms with Gasteiger partial charge in [0.2, 0.25) is 0 Å². The number of aromatic nitrogens is 5. The van der Waals surface area contributed by atoms with Gasteiger partial charge >= 0.3 is 0 Å². The van der Waals surface area contributed by atoms with Crippen molar-refractivity contribution in [2.24, 2.45) is 0 Å². The minimum absolute atomic E-state index is 0.116. The molecule has 2 N–H and O–H groups in total. The van der Waals surface area contributed by atoms with Crippen LogP contribution in [-0.2, 0) is 34.6 Å². The normalized spacial score (nSPS) is 15.0. The maximum Gasteiger partial charge on any atom is 0.270 e. The van der Waals surface area contributed by atoms with Crippen molar-refractivity contribution in [1.82, 2.24) is 30.2 Å². The summed E-state index contributed by atoms with van der Waals surface area (Å²) < 4.78 is 0. The molecule has 35 heavy (non-hydrogen) atoms. The molecular weight excluding hydrogens is 436 g/mol. The number of nitrogens with one attached hydrogen (secondary N) is 2. The SMILES string of the molecule is CC(C)(C)c1nc(C(C)(C)C)c2c(CC(C)(C)c3nc4c(c(C(C)(C)C)n3)CNC4=O)c[nH]c2n1. The minimum Gasteiger partial charge on any atom is -0.346 e. The quantitative estimate of drug-likeness (QED) is 0.527. The number of rotatable bonds is 3. The predicted octanol–water partition coefficient (Wildman–Crippen LogP) is 5.40. The van der Waals surface area contributed by atoms with Crippen molar-refractivity contribution in [3.05, 3.63) is 46.1 Å². The molecule has 0 saturated carbocycles. The van der Waals surface area contributed by atoms with E-state index >= 15 is 0 Å². The molecule has 1 aliphatic rings. The number of carbonyl (C=O) groups is 1. The summed E-state index contributed by atoms with van der Waals surface area (Å²) in [5, 5.41) is 4.00. The Morgan fingerprint density at radius 2 is 1.37 bits per heavy atom. The third-order valence-corrected chi connectivity index (χ3v) is 6.59. The molecule has 0 aromatic carbocycles. The summed E-state index contributed by atoms with van der Waals surface area (Å²) in [6.07, 6.45) is 2.74. The van der Waals surface area contributed by atoms with Crippen molar-refractivity contribution < 1.29 is 4.79 Å². The van der Waals surface area contributed by atoms with Crippen LogP contribution in [0.4, 0.5) is 0 Å². The molecule has 188 valence electrons. The van der Waals surface area contributed by atoms with Crippen LogP contribution >= 0.6 is 0 Å². The Bertz CT molecular complexity index is 1310. The average Bonchev–Trinajstić information content (AvgIpc) is 3.28. The van der Waals surface area contributed by atoms with Crippen LogP contribution in [0.3, 0.4) is 0 Å². The van der Waals surface area contributed by atoms with Gasteiger partial charge in [0.25, 0.3) is 5.91 Å². The molecule has 0 aliphatic carbocycles. The van der Waals surface area contributed by atoms with Gasteiger partial charge in [0.1, 0.15) is 23.0 Å². The highest BCUT2D eigenvalue weighted by Gasteiger charge is 2.36. The Hall–Kier alpha value is -2.83. The topological polar surface area (TPSA) is 96.5 Å². The van der Waals surface area contributed by atoms with Crippen molar-refractivity contribution in [2.75, 3.05) is 0 Å². The number of fused-ring (bicyclic) bond motifs is 2. The summed E-state index contributed by atoms with van der Waals surface area (Å²) in [5.74, 6) is 1.41. The van der Waals surface area contributed by atoms with E-state index in [9.17, 15) is 4.79 Å². The van der Waals surface area contributed by atoms with Gasteiger partial charge in [0.05, 0.1) is 11.4 Å². The van der Waals surface area contributed by atoms with E-state index in [1.807, 2.05) is 6.20 Å². The standard InChI is InChI=1S/C28H40N6O/c1-25(2,3)19-16-14-30-22(35)18(16)31-24(32-19)28(10,11)12-15-13-29-21-17(15)20(26(4,5)6)33-23(34-21)27(7,8)9/h13H,12,14H2,1-11H3,(H,30,35)(H,29,33,34). The van der Waals surface area contributed by atoms with Gasteiger partial charge < -0.3 is 10.3 Å². The van der Waals surface area contributed by atoms with Crippen LogP contribution in [0.15, 0.2) is 6.20 Å². The molecule has 0 spiro atoms. The van der Waals surface area contributed by atoms with Gasteiger partial charge in [-0.3, -0.25) is 4.79 Å². The van der Waals surface area contributed by atoms with Crippen LogP contribution in [0, 0.1) is 0 Å². The highest BCUT2D eigenvalue weighted by molar-refractivity contribution is 5.96. The van der Waals surface area contributed by atoms with Crippen molar-refractivity contribution in [1.29, 1.82) is 0 Å². The maximum atomic E-state index is 12.6. The number of aromatic amines is 1. The second-order valence-electron chi connectivity index (χ2n) is 13.6. The van der Waals surface area contributed by atoms with Crippen molar-refractivity contribution in [2.45, 2.75) is 111 Å². The first-order valence-corrected chi connectivity index (χ1v) is 12.5. The Labute approximate surface area is 209 Å². The highest BCUT2D eigenvalue weighted by Crippen LogP contribution is 2.37. The first-order chi connectivity index (χ1) is 15.9. The highest BCUT2D eigenvalue weighted by atomic mass is 16.2. The third-order valence-electron chi connectivity index (χ3n) is 6.59. The van der Waals surface area contributed by atoms with E-state index in [2.05, 4.69) is 86.5 Å². The number of H-pyrrole nitrogens is 1. The van der Waals surface area contributed by atoms with Crippen LogP contribution < -0.4 is 5.32 Å². The molecule has 4 heterocycles. The van der Waals surface area contributed by atoms with Gasteiger partial charge in [-0.2, -0.15) is 0 Å². The van der Waals surface area contributed by atoms with Crippen LogP contribution in [-0.4, -0.2) is 30.8 Å². The summed E-state index contributed by atoms with van der Waals surface area (Å²) in [7, 11) is 0. The van der Waals surface area contributed by atoms with E-state index in [0.717, 1.165) is 39.4 Å². The molecule has 7 nitrogen and oxygen atoms in total. The van der Waals surface area contributed by atoms with Crippen LogP contribution in [0.25, 0.3) is 11.0 Å². The molecular formula is C28H40N6O. The number of hydrogen-bond acceptors (Lipinski definition) is 5. The predicted molar refractivity (Wildman–Crippen MR) is 140 cm³/mol. The molecule has 1 amide bonds. The zero-order chi connectivity index (χ0) is 26.1. The van der Waals surface area contributed by atoms with Crippen molar-refractivity contribution in [3.8, 4) is 0 Å². The monoisotopic (exact) mass is 476 g/mol. The first kappa shape index (κ1) is 25.3. The lowest BCUT2D eigenvalue weighted by Gasteiger charge is -2.28. The van der Waals surface area contributed by atoms with Crippen molar-refractivity contribution >= 4 is 16.9 Å². The number of nitrogens with zero attached hydrogens (tertiary/aromatic N) is 4. The summed E-state index contributed by atoms with van der Waals surface area (Å²) in [5.41, 5.74) is 4.52. The molecule has 0 bridgehead atoms. The second-order valence-corrected chi connectivity index (χ2v) is 13.6. The minimum atomic E-state index is -0.412. The van der Waals surface area contributed by atoms with E-state index in [-0.39, 0.29) is 22.2 Å². The lowest BCUT2D eigenvalue weighted by Crippen LogP contribution is -2.29. The fourth-order valence-corrected chi connectivity index (χ4v) is 4.68. The third kappa shape index (κ3) is 4.57. The van der Waals surface area contributed by atoms with Gasteiger partial charge in [0, 0.05) is 45.4 Å². The summed E-state index contributed by atoms with van der Waals surface area (Å²) in [4.78, 5) is 35.8. The largest absolute Gasteiger partial charge is 0.346 e. The summed E-state index contributed by atoms with van der Waals surface area (Å²) in [6.45, 7) is 24.2. The molecule has 3 aromatic heterocycles. The fraction of sp³-hybridized carbons (Fsp3) is 0.607. The van der Waals surface area contributed by atoms with Crippen LogP contribution in [0.1, 0.15) is 121 Å². The lowest BCUT2D eigenvalue weighted by molar-refractivity contribution is 0.0961. The molecule has 0 atom stereocenters. The van der Waals surface area contributed by atoms with Crippen LogP contribution in [0.5, 0.6) is 0 Å². The number of carbonyl (C=O) groups excluding carboxylic acids is 1. The maximum absolute atomic E-state index is 12.6. The molecule has 0 saturated heterocycles. The summed E-state index contributed by atoms with van der Waals surface area (Å²) in [6, 6.07) is 0. The average molecular weight is 477 g/mol. The van der Waals surface area contributed by atoms with Gasteiger partial charge in [-0.05, 0) is 12.0 Å². The molecule has 1 aliphatic heterocycles. The van der Waals surface area contributed by atoms with Gasteiger partial charge in [-0.1, -0.05) is 76.2 Å². The van der Waals surface area contributed by atoms with E-state index in [1.54, 1.807) is 0 Å². The smallest absolute Gasteiger partial charge is 0.270 e. The Morgan fingerprint density at radius 3 is 1.94 bits per heavy atom. The molecule has 0 fully saturated rings. The second kappa shape index (κ2) is 7.84. The van der Waals surface area contributed by atoms with Gasteiger partial charge in [-0.15, -0.1) is 0 Å².